The van der Waals surface area contributed by atoms with Gasteiger partial charge >= 0.3 is 0 Å². The largest absolute Gasteiger partial charge is 0.506 e. The van der Waals surface area contributed by atoms with E-state index in [2.05, 4.69) is 25.4 Å². The topological polar surface area (TPSA) is 122 Å². The number of benzene rings is 3. The molecule has 4 heterocycles. The Morgan fingerprint density at radius 1 is 0.762 bits per heavy atom. The van der Waals surface area contributed by atoms with Gasteiger partial charge in [-0.25, -0.2) is 0 Å². The maximum Gasteiger partial charge on any atom is 0.259 e. The highest BCUT2D eigenvalue weighted by molar-refractivity contribution is 6.09. The molecular weight excluding hydrogens is 528 g/mol. The van der Waals surface area contributed by atoms with Crippen LogP contribution >= 0.6 is 0 Å². The molecule has 0 bridgehead atoms. The molecular formula is C32H34N8O2. The fourth-order valence-corrected chi connectivity index (χ4v) is 5.92. The summed E-state index contributed by atoms with van der Waals surface area (Å²) in [6, 6.07) is 18.3. The molecule has 0 spiro atoms. The smallest absolute Gasteiger partial charge is 0.259 e. The summed E-state index contributed by atoms with van der Waals surface area (Å²) in [7, 11) is 0. The number of rotatable bonds is 6. The second kappa shape index (κ2) is 11.2. The van der Waals surface area contributed by atoms with Crippen molar-refractivity contribution in [3.05, 3.63) is 66.2 Å². The molecule has 42 heavy (non-hydrogen) atoms. The average Bonchev–Trinajstić information content (AvgIpc) is 3.47. The Morgan fingerprint density at radius 3 is 2.21 bits per heavy atom. The highest BCUT2D eigenvalue weighted by Gasteiger charge is 2.22. The lowest BCUT2D eigenvalue weighted by Crippen LogP contribution is -2.31. The molecule has 214 valence electrons. The zero-order valence-electron chi connectivity index (χ0n) is 23.4. The number of carbonyl (C=O) groups excluding carboxylic acids is 1. The van der Waals surface area contributed by atoms with Gasteiger partial charge in [-0.15, -0.1) is 0 Å². The molecule has 2 aromatic heterocycles. The molecule has 5 aromatic rings. The van der Waals surface area contributed by atoms with Crippen molar-refractivity contribution in [1.82, 2.24) is 19.9 Å². The van der Waals surface area contributed by atoms with Gasteiger partial charge in [-0.1, -0.05) is 30.3 Å². The van der Waals surface area contributed by atoms with Crippen LogP contribution in [0.1, 0.15) is 48.9 Å². The van der Waals surface area contributed by atoms with Crippen LogP contribution in [0.2, 0.25) is 0 Å². The molecule has 0 aliphatic carbocycles. The highest BCUT2D eigenvalue weighted by atomic mass is 16.3. The number of hydrogen-bond donors (Lipinski definition) is 4. The lowest BCUT2D eigenvalue weighted by molar-refractivity contribution is 0.102. The van der Waals surface area contributed by atoms with Crippen molar-refractivity contribution in [3.63, 3.8) is 0 Å². The number of aromatic nitrogens is 4. The molecule has 0 atom stereocenters. The first-order chi connectivity index (χ1) is 20.6. The molecule has 1 amide bonds. The molecule has 10 nitrogen and oxygen atoms in total. The molecule has 0 saturated carbocycles. The fourth-order valence-electron chi connectivity index (χ4n) is 5.92. The van der Waals surface area contributed by atoms with Crippen LogP contribution in [-0.2, 0) is 0 Å². The standard InChI is InChI=1S/C32H34N8O2/c41-27-24-10-4-3-9-21(24)11-16-25(27)30(42)33-22-12-14-23(15-13-22)34-31-36-28-26(29(38-31)39-17-5-1-6-18-39)35-32(37-28)40-19-7-2-8-20-40/h3-4,9-16,41H,1-2,5-8,17-20H2,(H,33,42)(H2,34,35,36,37,38). The van der Waals surface area contributed by atoms with Gasteiger partial charge in [-0.2, -0.15) is 15.0 Å². The van der Waals surface area contributed by atoms with E-state index in [4.69, 9.17) is 15.0 Å². The number of piperidine rings is 2. The van der Waals surface area contributed by atoms with Crippen LogP contribution in [0.3, 0.4) is 0 Å². The van der Waals surface area contributed by atoms with Crippen molar-refractivity contribution >= 4 is 56.9 Å². The molecule has 10 heteroatoms. The third-order valence-electron chi connectivity index (χ3n) is 8.17. The Kier molecular flexibility index (Phi) is 6.95. The van der Waals surface area contributed by atoms with Gasteiger partial charge in [-0.05, 0) is 74.2 Å². The van der Waals surface area contributed by atoms with E-state index in [1.807, 2.05) is 48.5 Å². The Balaban J connectivity index is 1.12. The molecule has 3 aromatic carbocycles. The number of phenolic OH excluding ortho intramolecular Hbond substituents is 1. The number of aromatic hydroxyl groups is 1. The summed E-state index contributed by atoms with van der Waals surface area (Å²) in [5.74, 6) is 1.84. The van der Waals surface area contributed by atoms with Crippen LogP contribution in [0.5, 0.6) is 5.75 Å². The predicted molar refractivity (Wildman–Crippen MR) is 167 cm³/mol. The zero-order valence-corrected chi connectivity index (χ0v) is 23.4. The molecule has 0 radical (unpaired) electrons. The lowest BCUT2D eigenvalue weighted by Gasteiger charge is -2.28. The van der Waals surface area contributed by atoms with Crippen LogP contribution in [0, 0.1) is 0 Å². The first kappa shape index (κ1) is 26.1. The number of aromatic amines is 1. The summed E-state index contributed by atoms with van der Waals surface area (Å²) >= 11 is 0. The van der Waals surface area contributed by atoms with E-state index in [9.17, 15) is 9.90 Å². The Hall–Kier alpha value is -4.86. The molecule has 2 aliphatic rings. The fraction of sp³-hybridized carbons (Fsp3) is 0.312. The number of phenols is 1. The predicted octanol–water partition coefficient (Wildman–Crippen LogP) is 6.19. The van der Waals surface area contributed by atoms with Gasteiger partial charge in [0, 0.05) is 42.9 Å². The maximum absolute atomic E-state index is 13.0. The Bertz CT molecular complexity index is 1740. The number of nitrogens with one attached hydrogen (secondary N) is 3. The van der Waals surface area contributed by atoms with Crippen molar-refractivity contribution in [1.29, 1.82) is 0 Å². The maximum atomic E-state index is 13.0. The van der Waals surface area contributed by atoms with E-state index in [1.54, 1.807) is 12.1 Å². The van der Waals surface area contributed by atoms with Gasteiger partial charge in [0.2, 0.25) is 11.9 Å². The third-order valence-corrected chi connectivity index (χ3v) is 8.17. The van der Waals surface area contributed by atoms with Crippen molar-refractivity contribution < 1.29 is 9.90 Å². The molecule has 7 rings (SSSR count). The Labute approximate surface area is 243 Å². The van der Waals surface area contributed by atoms with Gasteiger partial charge in [0.05, 0.1) is 5.56 Å². The minimum atomic E-state index is -0.373. The van der Waals surface area contributed by atoms with Crippen LogP contribution in [-0.4, -0.2) is 57.1 Å². The second-order valence-electron chi connectivity index (χ2n) is 11.1. The van der Waals surface area contributed by atoms with Crippen LogP contribution in [0.25, 0.3) is 21.9 Å². The summed E-state index contributed by atoms with van der Waals surface area (Å²) in [5.41, 5.74) is 3.18. The molecule has 2 saturated heterocycles. The van der Waals surface area contributed by atoms with Crippen molar-refractivity contribution in [2.24, 2.45) is 0 Å². The minimum absolute atomic E-state index is 0.0252. The van der Waals surface area contributed by atoms with Gasteiger partial charge in [0.1, 0.15) is 11.3 Å². The van der Waals surface area contributed by atoms with E-state index < -0.39 is 0 Å². The average molecular weight is 563 g/mol. The molecule has 0 unspecified atom stereocenters. The number of carbonyl (C=O) groups is 1. The van der Waals surface area contributed by atoms with E-state index in [0.717, 1.165) is 67.4 Å². The van der Waals surface area contributed by atoms with E-state index in [0.29, 0.717) is 22.7 Å². The summed E-state index contributed by atoms with van der Waals surface area (Å²) in [5, 5.41) is 18.4. The molecule has 4 N–H and O–H groups in total. The first-order valence-corrected chi connectivity index (χ1v) is 14.8. The molecule has 2 fully saturated rings. The van der Waals surface area contributed by atoms with Gasteiger partial charge in [0.15, 0.2) is 11.5 Å². The van der Waals surface area contributed by atoms with Gasteiger partial charge in [0.25, 0.3) is 5.91 Å². The molecule has 2 aliphatic heterocycles. The van der Waals surface area contributed by atoms with Crippen molar-refractivity contribution in [2.75, 3.05) is 46.6 Å². The number of anilines is 5. The lowest BCUT2D eigenvalue weighted by atomic mass is 10.0. The van der Waals surface area contributed by atoms with E-state index >= 15 is 0 Å². The summed E-state index contributed by atoms with van der Waals surface area (Å²) in [4.78, 5) is 35.7. The second-order valence-corrected chi connectivity index (χ2v) is 11.1. The third kappa shape index (κ3) is 5.15. The van der Waals surface area contributed by atoms with Crippen LogP contribution < -0.4 is 20.4 Å². The quantitative estimate of drug-likeness (QED) is 0.193. The number of H-pyrrole nitrogens is 1. The van der Waals surface area contributed by atoms with E-state index in [1.165, 1.54) is 25.7 Å². The number of fused-ring (bicyclic) bond motifs is 2. The number of imidazole rings is 1. The van der Waals surface area contributed by atoms with Crippen molar-refractivity contribution in [2.45, 2.75) is 38.5 Å². The summed E-state index contributed by atoms with van der Waals surface area (Å²) in [6.07, 6.45) is 7.14. The minimum Gasteiger partial charge on any atom is -0.506 e. The number of nitrogens with zero attached hydrogens (tertiary/aromatic N) is 5. The zero-order chi connectivity index (χ0) is 28.5. The Morgan fingerprint density at radius 2 is 1.45 bits per heavy atom. The summed E-state index contributed by atoms with van der Waals surface area (Å²) < 4.78 is 0. The van der Waals surface area contributed by atoms with Crippen LogP contribution in [0.4, 0.5) is 29.1 Å². The number of amides is 1. The SMILES string of the molecule is O=C(Nc1ccc(Nc2nc(N3CCCCC3)c3[nH]c(N4CCCCC4)nc3n2)cc1)c1ccc2ccccc2c1O. The first-order valence-electron chi connectivity index (χ1n) is 14.8. The highest BCUT2D eigenvalue weighted by Crippen LogP contribution is 2.31. The van der Waals surface area contributed by atoms with E-state index in [-0.39, 0.29) is 17.2 Å². The van der Waals surface area contributed by atoms with Gasteiger partial charge in [-0.3, -0.25) is 4.79 Å². The summed E-state index contributed by atoms with van der Waals surface area (Å²) in [6.45, 7) is 3.93. The monoisotopic (exact) mass is 562 g/mol. The van der Waals surface area contributed by atoms with Crippen molar-refractivity contribution in [3.8, 4) is 5.75 Å². The normalized spacial score (nSPS) is 15.7. The van der Waals surface area contributed by atoms with Crippen LogP contribution in [0.15, 0.2) is 60.7 Å². The number of hydrogen-bond acceptors (Lipinski definition) is 8. The van der Waals surface area contributed by atoms with Gasteiger partial charge < -0.3 is 30.5 Å².